The van der Waals surface area contributed by atoms with Crippen LogP contribution in [0.15, 0.2) is 22.7 Å². The maximum atomic E-state index is 8.50. The molecule has 1 atom stereocenters. The van der Waals surface area contributed by atoms with Crippen molar-refractivity contribution in [3.8, 4) is 6.07 Å². The van der Waals surface area contributed by atoms with Crippen molar-refractivity contribution in [2.24, 2.45) is 5.73 Å². The summed E-state index contributed by atoms with van der Waals surface area (Å²) < 4.78 is 0.982. The number of nitriles is 1. The lowest BCUT2D eigenvalue weighted by Gasteiger charge is -2.10. The molecular weight excluding hydrogens is 263 g/mol. The molecule has 0 saturated heterocycles. The van der Waals surface area contributed by atoms with Crippen molar-refractivity contribution < 1.29 is 0 Å². The van der Waals surface area contributed by atoms with Crippen LogP contribution < -0.4 is 5.73 Å². The van der Waals surface area contributed by atoms with Crippen LogP contribution in [-0.2, 0) is 0 Å². The number of hydrogen-bond acceptors (Lipinski definition) is 2. The average Bonchev–Trinajstić information content (AvgIpc) is 2.04. The van der Waals surface area contributed by atoms with E-state index in [1.54, 1.807) is 0 Å². The normalized spacial score (nSPS) is 11.3. The Bertz CT molecular complexity index is 346. The van der Waals surface area contributed by atoms with Crippen LogP contribution in [0, 0.1) is 18.3 Å². The van der Waals surface area contributed by atoms with Crippen molar-refractivity contribution in [3.05, 3.63) is 33.8 Å². The summed E-state index contributed by atoms with van der Waals surface area (Å²) in [4.78, 5) is 0. The highest BCUT2D eigenvalue weighted by atomic mass is 79.9. The minimum absolute atomic E-state index is 0. The highest BCUT2D eigenvalue weighted by Gasteiger charge is 2.08. The van der Waals surface area contributed by atoms with E-state index in [1.165, 1.54) is 5.56 Å². The quantitative estimate of drug-likeness (QED) is 0.901. The van der Waals surface area contributed by atoms with Crippen molar-refractivity contribution >= 4 is 28.3 Å². The molecule has 0 heterocycles. The third-order valence-corrected chi connectivity index (χ3v) is 2.55. The number of rotatable bonds is 2. The van der Waals surface area contributed by atoms with Gasteiger partial charge in [-0.3, -0.25) is 0 Å². The third-order valence-electron chi connectivity index (χ3n) is 1.87. The molecule has 2 N–H and O–H groups in total. The number of aryl methyl sites for hydroxylation is 1. The van der Waals surface area contributed by atoms with Gasteiger partial charge in [-0.25, -0.2) is 0 Å². The molecule has 14 heavy (non-hydrogen) atoms. The molecule has 76 valence electrons. The number of halogens is 2. The van der Waals surface area contributed by atoms with E-state index in [-0.39, 0.29) is 18.4 Å². The number of hydrogen-bond donors (Lipinski definition) is 1. The van der Waals surface area contributed by atoms with Crippen LogP contribution in [0.2, 0.25) is 0 Å². The van der Waals surface area contributed by atoms with Gasteiger partial charge in [-0.05, 0) is 24.1 Å². The van der Waals surface area contributed by atoms with Gasteiger partial charge in [0.05, 0.1) is 12.5 Å². The monoisotopic (exact) mass is 274 g/mol. The smallest absolute Gasteiger partial charge is 0.0641 e. The van der Waals surface area contributed by atoms with Gasteiger partial charge >= 0.3 is 0 Å². The Hall–Kier alpha value is -0.560. The maximum Gasteiger partial charge on any atom is 0.0641 e. The summed E-state index contributed by atoms with van der Waals surface area (Å²) >= 11 is 3.43. The van der Waals surface area contributed by atoms with E-state index >= 15 is 0 Å². The second-order valence-electron chi connectivity index (χ2n) is 2.99. The van der Waals surface area contributed by atoms with Crippen molar-refractivity contribution in [1.29, 1.82) is 5.26 Å². The minimum atomic E-state index is -0.194. The maximum absolute atomic E-state index is 8.50. The summed E-state index contributed by atoms with van der Waals surface area (Å²) in [6, 6.07) is 7.83. The highest BCUT2D eigenvalue weighted by Crippen LogP contribution is 2.24. The first-order valence-electron chi connectivity index (χ1n) is 4.03. The number of benzene rings is 1. The Kier molecular flexibility index (Phi) is 5.78. The first-order chi connectivity index (χ1) is 6.15. The van der Waals surface area contributed by atoms with Crippen molar-refractivity contribution in [1.82, 2.24) is 0 Å². The molecule has 0 aliphatic carbocycles. The molecule has 0 unspecified atom stereocenters. The zero-order valence-corrected chi connectivity index (χ0v) is 10.2. The van der Waals surface area contributed by atoms with E-state index in [0.717, 1.165) is 10.0 Å². The molecule has 0 aromatic heterocycles. The van der Waals surface area contributed by atoms with E-state index in [0.29, 0.717) is 6.42 Å². The predicted molar refractivity (Wildman–Crippen MR) is 63.3 cm³/mol. The molecule has 1 rings (SSSR count). The molecule has 1 aromatic rings. The Morgan fingerprint density at radius 3 is 2.71 bits per heavy atom. The van der Waals surface area contributed by atoms with Crippen LogP contribution >= 0.6 is 28.3 Å². The summed E-state index contributed by atoms with van der Waals surface area (Å²) in [6.07, 6.45) is 0.349. The van der Waals surface area contributed by atoms with Crippen LogP contribution in [0.4, 0.5) is 0 Å². The predicted octanol–water partition coefficient (Wildman–Crippen LogP) is 3.09. The van der Waals surface area contributed by atoms with Crippen LogP contribution in [0.1, 0.15) is 23.6 Å². The molecule has 0 amide bonds. The van der Waals surface area contributed by atoms with E-state index in [1.807, 2.05) is 25.1 Å². The van der Waals surface area contributed by atoms with Crippen molar-refractivity contribution in [3.63, 3.8) is 0 Å². The van der Waals surface area contributed by atoms with E-state index in [4.69, 9.17) is 11.0 Å². The van der Waals surface area contributed by atoms with Crippen molar-refractivity contribution in [2.45, 2.75) is 19.4 Å². The molecule has 2 nitrogen and oxygen atoms in total. The Morgan fingerprint density at radius 1 is 1.57 bits per heavy atom. The molecule has 1 aromatic carbocycles. The van der Waals surface area contributed by atoms with Gasteiger partial charge < -0.3 is 5.73 Å². The first kappa shape index (κ1) is 13.4. The Labute approximate surface area is 98.6 Å². The van der Waals surface area contributed by atoms with Crippen LogP contribution in [0.25, 0.3) is 0 Å². The Morgan fingerprint density at radius 2 is 2.21 bits per heavy atom. The lowest BCUT2D eigenvalue weighted by atomic mass is 10.0. The summed E-state index contributed by atoms with van der Waals surface area (Å²) in [7, 11) is 0. The molecule has 0 bridgehead atoms. The SMILES string of the molecule is Cc1ccc([C@@H](N)CC#N)c(Br)c1.Cl. The second-order valence-corrected chi connectivity index (χ2v) is 3.85. The van der Waals surface area contributed by atoms with Gasteiger partial charge in [-0.2, -0.15) is 5.26 Å². The van der Waals surface area contributed by atoms with E-state index in [9.17, 15) is 0 Å². The highest BCUT2D eigenvalue weighted by molar-refractivity contribution is 9.10. The first-order valence-corrected chi connectivity index (χ1v) is 4.83. The van der Waals surface area contributed by atoms with Gasteiger partial charge in [0, 0.05) is 10.5 Å². The topological polar surface area (TPSA) is 49.8 Å². The van der Waals surface area contributed by atoms with Crippen LogP contribution in [0.3, 0.4) is 0 Å². The van der Waals surface area contributed by atoms with Crippen LogP contribution in [0.5, 0.6) is 0 Å². The van der Waals surface area contributed by atoms with E-state index < -0.39 is 0 Å². The molecule has 0 spiro atoms. The lowest BCUT2D eigenvalue weighted by molar-refractivity contribution is 0.744. The number of nitrogens with zero attached hydrogens (tertiary/aromatic N) is 1. The fraction of sp³-hybridized carbons (Fsp3) is 0.300. The molecule has 0 fully saturated rings. The summed E-state index contributed by atoms with van der Waals surface area (Å²) in [5.41, 5.74) is 7.98. The third kappa shape index (κ3) is 3.30. The molecular formula is C10H12BrClN2. The molecule has 0 saturated carbocycles. The van der Waals surface area contributed by atoms with Gasteiger partial charge in [-0.15, -0.1) is 12.4 Å². The van der Waals surface area contributed by atoms with Gasteiger partial charge in [0.15, 0.2) is 0 Å². The van der Waals surface area contributed by atoms with Gasteiger partial charge in [0.1, 0.15) is 0 Å². The Balaban J connectivity index is 0.00000169. The van der Waals surface area contributed by atoms with E-state index in [2.05, 4.69) is 22.0 Å². The fourth-order valence-electron chi connectivity index (χ4n) is 1.14. The summed E-state index contributed by atoms with van der Waals surface area (Å²) in [6.45, 7) is 2.02. The summed E-state index contributed by atoms with van der Waals surface area (Å²) in [5.74, 6) is 0. The molecule has 0 radical (unpaired) electrons. The standard InChI is InChI=1S/C10H11BrN2.ClH/c1-7-2-3-8(9(11)6-7)10(13)4-5-12;/h2-3,6,10H,4,13H2,1H3;1H/t10-;/m0./s1. The zero-order valence-electron chi connectivity index (χ0n) is 7.83. The van der Waals surface area contributed by atoms with Crippen molar-refractivity contribution in [2.75, 3.05) is 0 Å². The van der Waals surface area contributed by atoms with Crippen LogP contribution in [-0.4, -0.2) is 0 Å². The summed E-state index contributed by atoms with van der Waals surface area (Å²) in [5, 5.41) is 8.50. The van der Waals surface area contributed by atoms with Gasteiger partial charge in [-0.1, -0.05) is 28.1 Å². The average molecular weight is 276 g/mol. The fourth-order valence-corrected chi connectivity index (χ4v) is 1.93. The molecule has 0 aliphatic heterocycles. The lowest BCUT2D eigenvalue weighted by Crippen LogP contribution is -2.09. The second kappa shape index (κ2) is 6.02. The largest absolute Gasteiger partial charge is 0.323 e. The zero-order chi connectivity index (χ0) is 9.84. The van der Waals surface area contributed by atoms with Gasteiger partial charge in [0.25, 0.3) is 0 Å². The minimum Gasteiger partial charge on any atom is -0.323 e. The molecule has 0 aliphatic rings. The number of nitrogens with two attached hydrogens (primary N) is 1. The molecule has 4 heteroatoms. The van der Waals surface area contributed by atoms with Gasteiger partial charge in [0.2, 0.25) is 0 Å².